The third kappa shape index (κ3) is 3.22. The van der Waals surface area contributed by atoms with E-state index >= 15 is 0 Å². The van der Waals surface area contributed by atoms with Gasteiger partial charge in [0.05, 0.1) is 0 Å². The minimum atomic E-state index is 0.970. The van der Waals surface area contributed by atoms with Gasteiger partial charge in [-0.25, -0.2) is 0 Å². The lowest BCUT2D eigenvalue weighted by Crippen LogP contribution is -2.10. The summed E-state index contributed by atoms with van der Waals surface area (Å²) in [7, 11) is 2.17. The first-order valence-corrected chi connectivity index (χ1v) is 9.37. The molecule has 4 aromatic rings. The maximum atomic E-state index is 3.51. The molecule has 0 atom stereocenters. The zero-order valence-electron chi connectivity index (χ0n) is 15.5. The van der Waals surface area contributed by atoms with Crippen molar-refractivity contribution in [2.75, 3.05) is 11.9 Å². The van der Waals surface area contributed by atoms with Crippen LogP contribution in [-0.4, -0.2) is 18.4 Å². The highest BCUT2D eigenvalue weighted by atomic mass is 15.0. The molecule has 1 N–H and O–H groups in total. The van der Waals surface area contributed by atoms with Crippen molar-refractivity contribution in [2.24, 2.45) is 0 Å². The highest BCUT2D eigenvalue weighted by Gasteiger charge is 2.11. The summed E-state index contributed by atoms with van der Waals surface area (Å²) in [5, 5.41) is 6.23. The molecular formula is C23H24BN2. The van der Waals surface area contributed by atoms with Crippen LogP contribution < -0.4 is 10.8 Å². The maximum Gasteiger partial charge on any atom is 0.148 e. The van der Waals surface area contributed by atoms with E-state index in [1.807, 2.05) is 6.07 Å². The topological polar surface area (TPSA) is 17.0 Å². The molecule has 0 unspecified atom stereocenters. The Morgan fingerprint density at radius 2 is 1.62 bits per heavy atom. The third-order valence-electron chi connectivity index (χ3n) is 5.04. The Morgan fingerprint density at radius 1 is 0.885 bits per heavy atom. The average molecular weight is 339 g/mol. The van der Waals surface area contributed by atoms with Crippen LogP contribution in [0.3, 0.4) is 0 Å². The van der Waals surface area contributed by atoms with E-state index in [0.29, 0.717) is 0 Å². The van der Waals surface area contributed by atoms with E-state index in [4.69, 9.17) is 0 Å². The lowest BCUT2D eigenvalue weighted by Gasteiger charge is -2.10. The Balaban J connectivity index is 1.62. The quantitative estimate of drug-likeness (QED) is 0.387. The van der Waals surface area contributed by atoms with Gasteiger partial charge < -0.3 is 9.88 Å². The predicted molar refractivity (Wildman–Crippen MR) is 115 cm³/mol. The van der Waals surface area contributed by atoms with Crippen LogP contribution in [0, 0.1) is 6.92 Å². The van der Waals surface area contributed by atoms with Gasteiger partial charge in [-0.3, -0.25) is 0 Å². The Hall–Kier alpha value is -2.68. The highest BCUT2D eigenvalue weighted by Crippen LogP contribution is 2.29. The lowest BCUT2D eigenvalue weighted by atomic mass is 9.73. The van der Waals surface area contributed by atoms with Gasteiger partial charge >= 0.3 is 0 Å². The van der Waals surface area contributed by atoms with Crippen LogP contribution in [0.1, 0.15) is 12.0 Å². The van der Waals surface area contributed by atoms with Crippen molar-refractivity contribution in [1.82, 2.24) is 4.57 Å². The molecule has 3 aromatic carbocycles. The normalized spacial score (nSPS) is 11.2. The van der Waals surface area contributed by atoms with Crippen LogP contribution in [0.4, 0.5) is 5.69 Å². The molecule has 0 bridgehead atoms. The number of para-hydroxylation sites is 1. The second-order valence-electron chi connectivity index (χ2n) is 6.88. The van der Waals surface area contributed by atoms with Crippen molar-refractivity contribution >= 4 is 40.2 Å². The monoisotopic (exact) mass is 339 g/mol. The second-order valence-corrected chi connectivity index (χ2v) is 6.88. The fourth-order valence-electron chi connectivity index (χ4n) is 3.68. The van der Waals surface area contributed by atoms with Gasteiger partial charge in [-0.05, 0) is 43.7 Å². The molecular weight excluding hydrogens is 315 g/mol. The number of nitrogens with zero attached hydrogens (tertiary/aromatic N) is 1. The van der Waals surface area contributed by atoms with Gasteiger partial charge in [0.15, 0.2) is 0 Å². The molecule has 1 heterocycles. The lowest BCUT2D eigenvalue weighted by molar-refractivity contribution is 0.701. The van der Waals surface area contributed by atoms with Crippen molar-refractivity contribution in [3.8, 4) is 0 Å². The van der Waals surface area contributed by atoms with Crippen LogP contribution in [0.5, 0.6) is 0 Å². The van der Waals surface area contributed by atoms with Crippen LogP contribution in [0.25, 0.3) is 21.8 Å². The Morgan fingerprint density at radius 3 is 2.38 bits per heavy atom. The molecule has 0 aliphatic heterocycles. The summed E-state index contributed by atoms with van der Waals surface area (Å²) >= 11 is 0. The van der Waals surface area contributed by atoms with Crippen molar-refractivity contribution in [3.63, 3.8) is 0 Å². The average Bonchev–Trinajstić information content (AvgIpc) is 2.98. The molecule has 0 aliphatic carbocycles. The number of anilines is 1. The molecule has 0 spiro atoms. The molecule has 129 valence electrons. The summed E-state index contributed by atoms with van der Waals surface area (Å²) in [5.41, 5.74) is 6.44. The molecule has 4 rings (SSSR count). The van der Waals surface area contributed by atoms with E-state index in [-0.39, 0.29) is 0 Å². The fraction of sp³-hybridized carbons (Fsp3) is 0.217. The van der Waals surface area contributed by atoms with Crippen molar-refractivity contribution in [2.45, 2.75) is 26.7 Å². The molecule has 0 amide bonds. The molecule has 26 heavy (non-hydrogen) atoms. The van der Waals surface area contributed by atoms with E-state index in [0.717, 1.165) is 19.5 Å². The van der Waals surface area contributed by atoms with E-state index in [9.17, 15) is 0 Å². The number of hydrogen-bond acceptors (Lipinski definition) is 1. The van der Waals surface area contributed by atoms with Crippen LogP contribution >= 0.6 is 0 Å². The van der Waals surface area contributed by atoms with Crippen molar-refractivity contribution < 1.29 is 0 Å². The van der Waals surface area contributed by atoms with Gasteiger partial charge in [0, 0.05) is 40.6 Å². The van der Waals surface area contributed by atoms with Crippen molar-refractivity contribution in [1.29, 1.82) is 0 Å². The number of nitrogens with one attached hydrogen (secondary N) is 1. The summed E-state index contributed by atoms with van der Waals surface area (Å²) in [6.07, 6.45) is 1.09. The van der Waals surface area contributed by atoms with E-state index in [2.05, 4.69) is 91.6 Å². The first kappa shape index (κ1) is 16.8. The first-order chi connectivity index (χ1) is 12.8. The third-order valence-corrected chi connectivity index (χ3v) is 5.04. The molecule has 1 aromatic heterocycles. The van der Waals surface area contributed by atoms with Gasteiger partial charge in [0.1, 0.15) is 7.28 Å². The van der Waals surface area contributed by atoms with Gasteiger partial charge in [-0.1, -0.05) is 54.2 Å². The summed E-state index contributed by atoms with van der Waals surface area (Å²) in [6, 6.07) is 24.0. The first-order valence-electron chi connectivity index (χ1n) is 9.37. The molecule has 0 fully saturated rings. The van der Waals surface area contributed by atoms with Crippen molar-refractivity contribution in [3.05, 3.63) is 72.3 Å². The minimum Gasteiger partial charge on any atom is -0.385 e. The van der Waals surface area contributed by atoms with Gasteiger partial charge in [-0.15, -0.1) is 0 Å². The fourth-order valence-corrected chi connectivity index (χ4v) is 3.68. The SMILES string of the molecule is C[B]c1ccc2c(c1)c1cc(C)ccc1n2CCCNc1ccccc1. The number of hydrogen-bond donors (Lipinski definition) is 1. The number of benzene rings is 3. The number of aryl methyl sites for hydroxylation is 2. The highest BCUT2D eigenvalue weighted by molar-refractivity contribution is 6.52. The molecule has 3 heteroatoms. The predicted octanol–water partition coefficient (Wildman–Crippen LogP) is 4.98. The Labute approximate surface area is 156 Å². The van der Waals surface area contributed by atoms with Crippen LogP contribution in [-0.2, 0) is 6.54 Å². The smallest absolute Gasteiger partial charge is 0.148 e. The van der Waals surface area contributed by atoms with Crippen LogP contribution in [0.15, 0.2) is 66.7 Å². The largest absolute Gasteiger partial charge is 0.385 e. The zero-order valence-corrected chi connectivity index (χ0v) is 15.5. The molecule has 0 saturated heterocycles. The number of rotatable bonds is 6. The van der Waals surface area contributed by atoms with Crippen LogP contribution in [0.2, 0.25) is 6.82 Å². The zero-order chi connectivity index (χ0) is 17.9. The van der Waals surface area contributed by atoms with Gasteiger partial charge in [0.25, 0.3) is 0 Å². The standard InChI is InChI=1S/C23H24BN2/c1-17-9-11-22-20(15-17)21-16-18(24-2)10-12-23(21)26(22)14-6-13-25-19-7-4-3-5-8-19/h3-5,7-12,15-16,25H,6,13-14H2,1-2H3. The van der Waals surface area contributed by atoms with Gasteiger partial charge in [-0.2, -0.15) is 0 Å². The number of aromatic nitrogens is 1. The molecule has 1 radical (unpaired) electrons. The van der Waals surface area contributed by atoms with E-state index in [1.165, 1.54) is 38.5 Å². The molecule has 0 aliphatic rings. The Bertz CT molecular complexity index is 1030. The second kappa shape index (κ2) is 7.29. The van der Waals surface area contributed by atoms with E-state index < -0.39 is 0 Å². The summed E-state index contributed by atoms with van der Waals surface area (Å²) in [5.74, 6) is 0. The minimum absolute atomic E-state index is 0.970. The maximum absolute atomic E-state index is 3.51. The molecule has 2 nitrogen and oxygen atoms in total. The van der Waals surface area contributed by atoms with E-state index in [1.54, 1.807) is 0 Å². The summed E-state index contributed by atoms with van der Waals surface area (Å²) in [4.78, 5) is 0. The molecule has 0 saturated carbocycles. The summed E-state index contributed by atoms with van der Waals surface area (Å²) in [6.45, 7) is 6.25. The summed E-state index contributed by atoms with van der Waals surface area (Å²) < 4.78 is 2.47. The Kier molecular flexibility index (Phi) is 4.70. The number of fused-ring (bicyclic) bond motifs is 3. The van der Waals surface area contributed by atoms with Gasteiger partial charge in [0.2, 0.25) is 0 Å².